The Bertz CT molecular complexity index is 915. The van der Waals surface area contributed by atoms with Crippen LogP contribution in [-0.4, -0.2) is 32.3 Å². The van der Waals surface area contributed by atoms with E-state index in [1.165, 1.54) is 0 Å². The largest absolute Gasteiger partial charge is 0.392 e. The first-order valence-electron chi connectivity index (χ1n) is 8.27. The fourth-order valence-corrected chi connectivity index (χ4v) is 2.96. The number of fused-ring (bicyclic) bond motifs is 1. The molecule has 25 heavy (non-hydrogen) atoms. The molecule has 0 aliphatic carbocycles. The monoisotopic (exact) mass is 334 g/mol. The number of carbonyl (C=O) groups excluding carboxylic acids is 1. The molecule has 3 aromatic rings. The summed E-state index contributed by atoms with van der Waals surface area (Å²) in [6.45, 7) is 1.44. The summed E-state index contributed by atoms with van der Waals surface area (Å²) in [5.74, 6) is -0.0786. The van der Waals surface area contributed by atoms with E-state index in [9.17, 15) is 4.79 Å². The van der Waals surface area contributed by atoms with Gasteiger partial charge in [-0.2, -0.15) is 5.10 Å². The average molecular weight is 334 g/mol. The number of aliphatic hydroxyl groups excluding tert-OH is 1. The molecule has 3 heterocycles. The van der Waals surface area contributed by atoms with Crippen LogP contribution in [0.3, 0.4) is 0 Å². The lowest BCUT2D eigenvalue weighted by molar-refractivity contribution is 0.0950. The van der Waals surface area contributed by atoms with Gasteiger partial charge in [0.05, 0.1) is 18.0 Å². The van der Waals surface area contributed by atoms with Gasteiger partial charge in [0, 0.05) is 30.4 Å². The molecule has 6 nitrogen and oxygen atoms in total. The summed E-state index contributed by atoms with van der Waals surface area (Å²) in [6.07, 6.45) is 2.62. The van der Waals surface area contributed by atoms with Gasteiger partial charge in [0.15, 0.2) is 0 Å². The zero-order valence-electron chi connectivity index (χ0n) is 13.6. The molecular weight excluding hydrogens is 316 g/mol. The maximum absolute atomic E-state index is 12.1. The second kappa shape index (κ2) is 6.49. The van der Waals surface area contributed by atoms with Gasteiger partial charge in [-0.1, -0.05) is 24.3 Å². The van der Waals surface area contributed by atoms with Crippen molar-refractivity contribution in [1.29, 1.82) is 0 Å². The summed E-state index contributed by atoms with van der Waals surface area (Å²) < 4.78 is 1.77. The third kappa shape index (κ3) is 3.04. The van der Waals surface area contributed by atoms with Crippen LogP contribution in [0.5, 0.6) is 0 Å². The fourth-order valence-electron chi connectivity index (χ4n) is 2.96. The molecule has 1 aliphatic rings. The van der Waals surface area contributed by atoms with Crippen molar-refractivity contribution in [2.75, 3.05) is 6.54 Å². The molecule has 1 aromatic carbocycles. The van der Waals surface area contributed by atoms with Gasteiger partial charge in [-0.05, 0) is 30.2 Å². The van der Waals surface area contributed by atoms with E-state index in [1.807, 2.05) is 42.5 Å². The minimum Gasteiger partial charge on any atom is -0.392 e. The molecule has 0 spiro atoms. The van der Waals surface area contributed by atoms with Crippen LogP contribution in [0.15, 0.2) is 48.7 Å². The van der Waals surface area contributed by atoms with Crippen LogP contribution in [0.4, 0.5) is 0 Å². The summed E-state index contributed by atoms with van der Waals surface area (Å²) in [4.78, 5) is 16.5. The first-order chi connectivity index (χ1) is 12.2. The molecule has 0 fully saturated rings. The molecule has 0 unspecified atom stereocenters. The van der Waals surface area contributed by atoms with E-state index in [0.717, 1.165) is 41.0 Å². The molecule has 0 atom stereocenters. The number of nitrogens with one attached hydrogen (secondary N) is 1. The van der Waals surface area contributed by atoms with Gasteiger partial charge in [0.1, 0.15) is 5.69 Å². The number of aryl methyl sites for hydroxylation is 1. The van der Waals surface area contributed by atoms with E-state index in [2.05, 4.69) is 15.4 Å². The van der Waals surface area contributed by atoms with E-state index < -0.39 is 0 Å². The molecule has 0 saturated heterocycles. The number of carbonyl (C=O) groups is 1. The van der Waals surface area contributed by atoms with Crippen LogP contribution in [0.25, 0.3) is 22.5 Å². The number of hydrogen-bond donors (Lipinski definition) is 2. The molecule has 0 radical (unpaired) electrons. The first kappa shape index (κ1) is 15.5. The highest BCUT2D eigenvalue weighted by Gasteiger charge is 2.18. The van der Waals surface area contributed by atoms with Gasteiger partial charge in [-0.3, -0.25) is 14.5 Å². The number of rotatable bonds is 3. The van der Waals surface area contributed by atoms with Gasteiger partial charge in [0.25, 0.3) is 5.91 Å². The number of benzene rings is 1. The van der Waals surface area contributed by atoms with Gasteiger partial charge in [-0.25, -0.2) is 0 Å². The molecule has 4 rings (SSSR count). The predicted molar refractivity (Wildman–Crippen MR) is 93.8 cm³/mol. The first-order valence-corrected chi connectivity index (χ1v) is 8.27. The second-order valence-electron chi connectivity index (χ2n) is 6.03. The highest BCUT2D eigenvalue weighted by atomic mass is 16.3. The van der Waals surface area contributed by atoms with Crippen molar-refractivity contribution in [3.63, 3.8) is 0 Å². The van der Waals surface area contributed by atoms with E-state index in [0.29, 0.717) is 12.2 Å². The summed E-state index contributed by atoms with van der Waals surface area (Å²) >= 11 is 0. The lowest BCUT2D eigenvalue weighted by atomic mass is 10.1. The standard InChI is InChI=1S/C19H18N4O2/c24-12-13-2-4-14(5-3-13)16-10-15(6-8-20-16)17-11-18-19(25)21-7-1-9-23(18)22-17/h2-6,8,10-11,24H,1,7,9,12H2,(H,21,25). The molecule has 2 N–H and O–H groups in total. The Balaban J connectivity index is 1.70. The normalized spacial score (nSPS) is 13.9. The Morgan fingerprint density at radius 3 is 2.72 bits per heavy atom. The van der Waals surface area contributed by atoms with Crippen LogP contribution >= 0.6 is 0 Å². The predicted octanol–water partition coefficient (Wildman–Crippen LogP) is 2.24. The average Bonchev–Trinajstić information content (AvgIpc) is 3.02. The van der Waals surface area contributed by atoms with E-state index >= 15 is 0 Å². The SMILES string of the molecule is O=C1NCCCn2nc(-c3ccnc(-c4ccc(CO)cc4)c3)cc21. The number of hydrogen-bond acceptors (Lipinski definition) is 4. The number of aliphatic hydroxyl groups is 1. The Labute approximate surface area is 145 Å². The highest BCUT2D eigenvalue weighted by Crippen LogP contribution is 2.25. The zero-order chi connectivity index (χ0) is 17.2. The van der Waals surface area contributed by atoms with Crippen LogP contribution in [0.1, 0.15) is 22.5 Å². The maximum atomic E-state index is 12.1. The quantitative estimate of drug-likeness (QED) is 0.770. The van der Waals surface area contributed by atoms with Gasteiger partial charge >= 0.3 is 0 Å². The number of pyridine rings is 1. The summed E-state index contributed by atoms with van der Waals surface area (Å²) in [5, 5.41) is 16.6. The van der Waals surface area contributed by atoms with Crippen molar-refractivity contribution in [3.05, 3.63) is 59.9 Å². The minimum absolute atomic E-state index is 0.0238. The highest BCUT2D eigenvalue weighted by molar-refractivity contribution is 5.94. The van der Waals surface area contributed by atoms with Gasteiger partial charge in [0.2, 0.25) is 0 Å². The topological polar surface area (TPSA) is 80.0 Å². The summed E-state index contributed by atoms with van der Waals surface area (Å²) in [5.41, 5.74) is 4.95. The lowest BCUT2D eigenvalue weighted by Crippen LogP contribution is -2.22. The van der Waals surface area contributed by atoms with Crippen molar-refractivity contribution in [2.24, 2.45) is 0 Å². The molecular formula is C19H18N4O2. The molecule has 126 valence electrons. The van der Waals surface area contributed by atoms with Crippen LogP contribution in [0, 0.1) is 0 Å². The Hall–Kier alpha value is -2.99. The molecule has 0 saturated carbocycles. The van der Waals surface area contributed by atoms with Gasteiger partial charge in [-0.15, -0.1) is 0 Å². The van der Waals surface area contributed by atoms with E-state index in [-0.39, 0.29) is 12.5 Å². The fraction of sp³-hybridized carbons (Fsp3) is 0.211. The van der Waals surface area contributed by atoms with Crippen molar-refractivity contribution in [2.45, 2.75) is 19.6 Å². The summed E-state index contributed by atoms with van der Waals surface area (Å²) in [7, 11) is 0. The number of amides is 1. The Morgan fingerprint density at radius 1 is 1.08 bits per heavy atom. The number of aromatic nitrogens is 3. The third-order valence-electron chi connectivity index (χ3n) is 4.33. The second-order valence-corrected chi connectivity index (χ2v) is 6.03. The van der Waals surface area contributed by atoms with Crippen LogP contribution in [-0.2, 0) is 13.2 Å². The van der Waals surface area contributed by atoms with Crippen molar-refractivity contribution < 1.29 is 9.90 Å². The number of nitrogens with zero attached hydrogens (tertiary/aromatic N) is 3. The van der Waals surface area contributed by atoms with E-state index in [4.69, 9.17) is 5.11 Å². The lowest BCUT2D eigenvalue weighted by Gasteiger charge is -2.04. The Kier molecular flexibility index (Phi) is 4.03. The van der Waals surface area contributed by atoms with Crippen molar-refractivity contribution in [3.8, 4) is 22.5 Å². The zero-order valence-corrected chi connectivity index (χ0v) is 13.6. The third-order valence-corrected chi connectivity index (χ3v) is 4.33. The van der Waals surface area contributed by atoms with Crippen molar-refractivity contribution in [1.82, 2.24) is 20.1 Å². The maximum Gasteiger partial charge on any atom is 0.269 e. The Morgan fingerprint density at radius 2 is 1.92 bits per heavy atom. The molecule has 1 aliphatic heterocycles. The molecule has 0 bridgehead atoms. The molecule has 1 amide bonds. The van der Waals surface area contributed by atoms with E-state index in [1.54, 1.807) is 10.9 Å². The molecule has 2 aromatic heterocycles. The van der Waals surface area contributed by atoms with Crippen LogP contribution < -0.4 is 5.32 Å². The smallest absolute Gasteiger partial charge is 0.269 e. The minimum atomic E-state index is -0.0786. The van der Waals surface area contributed by atoms with Gasteiger partial charge < -0.3 is 10.4 Å². The molecule has 6 heteroatoms. The van der Waals surface area contributed by atoms with Crippen molar-refractivity contribution >= 4 is 5.91 Å². The van der Waals surface area contributed by atoms with Crippen LogP contribution in [0.2, 0.25) is 0 Å². The summed E-state index contributed by atoms with van der Waals surface area (Å²) in [6, 6.07) is 13.3.